The van der Waals surface area contributed by atoms with E-state index in [1.54, 1.807) is 0 Å². The van der Waals surface area contributed by atoms with Crippen LogP contribution in [0, 0.1) is 0 Å². The molecule has 0 spiro atoms. The molecule has 2 aromatic carbocycles. The van der Waals surface area contributed by atoms with E-state index in [0.717, 1.165) is 0 Å². The molecule has 3 aliphatic heterocycles. The molecular formula is C27H34O16. The SMILES string of the molecule is OC[C@H]1O[C@@H](Oc2cc(C3Oc4cc(O)cc(O[C@@H]5O[C@H](CO)[C@@H](O)[C@H](O)[C@H]5O)c4CC3O)ccc2O)[C@H](O)[C@@H](O)[C@@H]1O. The van der Waals surface area contributed by atoms with Crippen molar-refractivity contribution in [1.82, 2.24) is 0 Å². The number of aliphatic hydroxyl groups is 9. The van der Waals surface area contributed by atoms with E-state index in [4.69, 9.17) is 23.7 Å². The smallest absolute Gasteiger partial charge is 0.229 e. The van der Waals surface area contributed by atoms with Gasteiger partial charge in [-0.1, -0.05) is 6.07 Å². The number of aliphatic hydroxyl groups excluding tert-OH is 9. The highest BCUT2D eigenvalue weighted by atomic mass is 16.7. The summed E-state index contributed by atoms with van der Waals surface area (Å²) in [5.41, 5.74) is 0.533. The van der Waals surface area contributed by atoms with Crippen LogP contribution in [-0.2, 0) is 15.9 Å². The lowest BCUT2D eigenvalue weighted by atomic mass is 9.93. The van der Waals surface area contributed by atoms with Crippen LogP contribution in [-0.4, -0.2) is 137 Å². The van der Waals surface area contributed by atoms with E-state index in [0.29, 0.717) is 0 Å². The molecule has 16 heteroatoms. The van der Waals surface area contributed by atoms with E-state index in [-0.39, 0.29) is 40.5 Å². The molecule has 43 heavy (non-hydrogen) atoms. The van der Waals surface area contributed by atoms with Gasteiger partial charge < -0.3 is 79.9 Å². The Morgan fingerprint density at radius 3 is 1.79 bits per heavy atom. The van der Waals surface area contributed by atoms with Crippen LogP contribution in [0.3, 0.4) is 0 Å². The van der Waals surface area contributed by atoms with Gasteiger partial charge in [0, 0.05) is 24.1 Å². The Bertz CT molecular complexity index is 1270. The van der Waals surface area contributed by atoms with Gasteiger partial charge in [-0.15, -0.1) is 0 Å². The molecule has 5 rings (SSSR count). The van der Waals surface area contributed by atoms with Crippen LogP contribution in [0.5, 0.6) is 28.7 Å². The summed E-state index contributed by atoms with van der Waals surface area (Å²) in [5.74, 6) is -0.982. The Hall–Kier alpha value is -3.00. The maximum absolute atomic E-state index is 11.0. The highest BCUT2D eigenvalue weighted by Crippen LogP contribution is 2.44. The Balaban J connectivity index is 1.37. The van der Waals surface area contributed by atoms with E-state index in [1.165, 1.54) is 30.3 Å². The fourth-order valence-electron chi connectivity index (χ4n) is 5.22. The van der Waals surface area contributed by atoms with Gasteiger partial charge in [0.15, 0.2) is 11.5 Å². The summed E-state index contributed by atoms with van der Waals surface area (Å²) in [7, 11) is 0. The molecule has 0 bridgehead atoms. The number of ether oxygens (including phenoxy) is 5. The first-order valence-corrected chi connectivity index (χ1v) is 13.4. The molecule has 16 nitrogen and oxygen atoms in total. The number of benzene rings is 2. The Labute approximate surface area is 243 Å². The van der Waals surface area contributed by atoms with Gasteiger partial charge in [0.05, 0.1) is 19.3 Å². The lowest BCUT2D eigenvalue weighted by Crippen LogP contribution is -2.60. The Kier molecular flexibility index (Phi) is 9.17. The van der Waals surface area contributed by atoms with Crippen molar-refractivity contribution in [3.8, 4) is 28.7 Å². The van der Waals surface area contributed by atoms with Crippen LogP contribution in [0.4, 0.5) is 0 Å². The van der Waals surface area contributed by atoms with Crippen LogP contribution in [0.2, 0.25) is 0 Å². The van der Waals surface area contributed by atoms with Crippen molar-refractivity contribution in [2.45, 2.75) is 80.0 Å². The quantitative estimate of drug-likeness (QED) is 0.144. The minimum atomic E-state index is -1.74. The lowest BCUT2D eigenvalue weighted by Gasteiger charge is -2.40. The predicted molar refractivity (Wildman–Crippen MR) is 138 cm³/mol. The first-order chi connectivity index (χ1) is 20.4. The molecule has 2 saturated heterocycles. The van der Waals surface area contributed by atoms with E-state index in [1.807, 2.05) is 0 Å². The predicted octanol–water partition coefficient (Wildman–Crippen LogP) is -3.51. The summed E-state index contributed by atoms with van der Waals surface area (Å²) >= 11 is 0. The normalized spacial score (nSPS) is 37.7. The fraction of sp³-hybridized carbons (Fsp3) is 0.556. The summed E-state index contributed by atoms with van der Waals surface area (Å²) in [6, 6.07) is 6.34. The average molecular weight is 615 g/mol. The molecule has 3 heterocycles. The number of aromatic hydroxyl groups is 2. The summed E-state index contributed by atoms with van der Waals surface area (Å²) in [6.07, 6.45) is -18.2. The minimum Gasteiger partial charge on any atom is -0.508 e. The standard InChI is InChI=1S/C27H34O16/c28-7-17-19(33)21(35)23(37)26(42-17)40-15-5-10(30)4-14-11(15)6-13(32)25(39-14)9-1-2-12(31)16(3-9)41-27-24(38)22(36)20(34)18(8-29)43-27/h1-5,13,17-38H,6-8H2/t13?,17-,18-,19-,20-,21+,22+,23-,24-,25?,26-,27-/m1/s1. The molecule has 0 aromatic heterocycles. The molecule has 0 aliphatic carbocycles. The Morgan fingerprint density at radius 1 is 0.674 bits per heavy atom. The second-order valence-corrected chi connectivity index (χ2v) is 10.6. The van der Waals surface area contributed by atoms with E-state index in [9.17, 15) is 56.2 Å². The molecule has 12 atom stereocenters. The fourth-order valence-corrected chi connectivity index (χ4v) is 5.22. The number of phenolic OH excluding ortho intramolecular Hbond substituents is 2. The number of rotatable bonds is 7. The van der Waals surface area contributed by atoms with Crippen molar-refractivity contribution in [3.05, 3.63) is 41.5 Å². The number of fused-ring (bicyclic) bond motifs is 1. The van der Waals surface area contributed by atoms with E-state index < -0.39 is 92.6 Å². The first-order valence-electron chi connectivity index (χ1n) is 13.4. The molecule has 11 N–H and O–H groups in total. The molecule has 0 amide bonds. The molecule has 0 saturated carbocycles. The second kappa shape index (κ2) is 12.5. The van der Waals surface area contributed by atoms with Gasteiger partial charge >= 0.3 is 0 Å². The summed E-state index contributed by atoms with van der Waals surface area (Å²) in [6.45, 7) is -1.37. The van der Waals surface area contributed by atoms with Crippen LogP contribution >= 0.6 is 0 Å². The Morgan fingerprint density at radius 2 is 1.23 bits per heavy atom. The topological polar surface area (TPSA) is 269 Å². The van der Waals surface area contributed by atoms with Gasteiger partial charge in [-0.25, -0.2) is 0 Å². The third-order valence-corrected chi connectivity index (χ3v) is 7.67. The zero-order valence-electron chi connectivity index (χ0n) is 22.4. The van der Waals surface area contributed by atoms with Crippen LogP contribution in [0.15, 0.2) is 30.3 Å². The second-order valence-electron chi connectivity index (χ2n) is 10.6. The van der Waals surface area contributed by atoms with Crippen LogP contribution in [0.1, 0.15) is 17.2 Å². The number of hydrogen-bond donors (Lipinski definition) is 11. The van der Waals surface area contributed by atoms with Crippen molar-refractivity contribution in [2.75, 3.05) is 13.2 Å². The number of phenols is 2. The van der Waals surface area contributed by atoms with Crippen molar-refractivity contribution < 1.29 is 79.9 Å². The highest BCUT2D eigenvalue weighted by molar-refractivity contribution is 5.53. The zero-order valence-corrected chi connectivity index (χ0v) is 22.4. The van der Waals surface area contributed by atoms with Gasteiger partial charge in [-0.3, -0.25) is 0 Å². The molecule has 2 aromatic rings. The lowest BCUT2D eigenvalue weighted by molar-refractivity contribution is -0.277. The molecular weight excluding hydrogens is 580 g/mol. The summed E-state index contributed by atoms with van der Waals surface area (Å²) in [5, 5.41) is 111. The van der Waals surface area contributed by atoms with Crippen molar-refractivity contribution in [1.29, 1.82) is 0 Å². The highest BCUT2D eigenvalue weighted by Gasteiger charge is 2.46. The van der Waals surface area contributed by atoms with Crippen LogP contribution in [0.25, 0.3) is 0 Å². The third-order valence-electron chi connectivity index (χ3n) is 7.67. The summed E-state index contributed by atoms with van der Waals surface area (Å²) < 4.78 is 27.9. The third kappa shape index (κ3) is 6.04. The minimum absolute atomic E-state index is 0.0689. The van der Waals surface area contributed by atoms with Crippen molar-refractivity contribution in [3.63, 3.8) is 0 Å². The molecule has 238 valence electrons. The van der Waals surface area contributed by atoms with E-state index in [2.05, 4.69) is 0 Å². The molecule has 3 aliphatic rings. The summed E-state index contributed by atoms with van der Waals surface area (Å²) in [4.78, 5) is 0. The van der Waals surface area contributed by atoms with Crippen molar-refractivity contribution >= 4 is 0 Å². The van der Waals surface area contributed by atoms with Gasteiger partial charge in [-0.2, -0.15) is 0 Å². The maximum atomic E-state index is 11.0. The molecule has 0 radical (unpaired) electrons. The van der Waals surface area contributed by atoms with Gasteiger partial charge in [0.2, 0.25) is 12.6 Å². The van der Waals surface area contributed by atoms with Gasteiger partial charge in [0.1, 0.15) is 72.2 Å². The van der Waals surface area contributed by atoms with Gasteiger partial charge in [-0.05, 0) is 17.7 Å². The van der Waals surface area contributed by atoms with Crippen molar-refractivity contribution in [2.24, 2.45) is 0 Å². The molecule has 2 fully saturated rings. The largest absolute Gasteiger partial charge is 0.508 e. The van der Waals surface area contributed by atoms with E-state index >= 15 is 0 Å². The van der Waals surface area contributed by atoms with Crippen LogP contribution < -0.4 is 14.2 Å². The average Bonchev–Trinajstić information content (AvgIpc) is 2.98. The maximum Gasteiger partial charge on any atom is 0.229 e. The molecule has 2 unspecified atom stereocenters. The van der Waals surface area contributed by atoms with Gasteiger partial charge in [0.25, 0.3) is 0 Å². The first kappa shape index (κ1) is 31.4. The monoisotopic (exact) mass is 614 g/mol. The number of hydrogen-bond acceptors (Lipinski definition) is 16. The zero-order chi connectivity index (χ0) is 31.2.